The molecule has 0 aromatic rings. The van der Waals surface area contributed by atoms with Crippen molar-refractivity contribution in [3.8, 4) is 0 Å². The summed E-state index contributed by atoms with van der Waals surface area (Å²) in [6, 6.07) is 0.516. The Labute approximate surface area is 90.6 Å². The second-order valence-corrected chi connectivity index (χ2v) is 4.64. The van der Waals surface area contributed by atoms with E-state index in [0.29, 0.717) is 6.04 Å². The van der Waals surface area contributed by atoms with Crippen LogP contribution in [0.4, 0.5) is 0 Å². The largest absolute Gasteiger partial charge is 0.481 e. The van der Waals surface area contributed by atoms with Crippen molar-refractivity contribution in [1.82, 2.24) is 10.2 Å². The van der Waals surface area contributed by atoms with E-state index in [1.807, 2.05) is 0 Å². The molecule has 2 rings (SSSR count). The molecule has 1 heterocycles. The predicted molar refractivity (Wildman–Crippen MR) is 57.8 cm³/mol. The molecule has 4 nitrogen and oxygen atoms in total. The highest BCUT2D eigenvalue weighted by Crippen LogP contribution is 2.28. The lowest BCUT2D eigenvalue weighted by Crippen LogP contribution is -2.50. The number of carboxylic acids is 1. The van der Waals surface area contributed by atoms with Crippen LogP contribution in [0.2, 0.25) is 0 Å². The van der Waals surface area contributed by atoms with Crippen LogP contribution in [0.3, 0.4) is 0 Å². The maximum absolute atomic E-state index is 11.0. The molecule has 4 heteroatoms. The second-order valence-electron chi connectivity index (χ2n) is 4.64. The summed E-state index contributed by atoms with van der Waals surface area (Å²) in [5.41, 5.74) is 0. The number of nitrogens with zero attached hydrogens (tertiary/aromatic N) is 1. The summed E-state index contributed by atoms with van der Waals surface area (Å²) in [7, 11) is 0. The molecule has 1 saturated carbocycles. The van der Waals surface area contributed by atoms with E-state index in [-0.39, 0.29) is 5.92 Å². The van der Waals surface area contributed by atoms with E-state index in [1.54, 1.807) is 0 Å². The van der Waals surface area contributed by atoms with Crippen molar-refractivity contribution in [1.29, 1.82) is 0 Å². The molecule has 86 valence electrons. The van der Waals surface area contributed by atoms with Gasteiger partial charge in [-0.1, -0.05) is 6.42 Å². The Morgan fingerprint density at radius 2 is 2.00 bits per heavy atom. The molecule has 2 N–H and O–H groups in total. The number of hydrogen-bond donors (Lipinski definition) is 2. The molecule has 1 saturated heterocycles. The molecule has 0 aromatic carbocycles. The summed E-state index contributed by atoms with van der Waals surface area (Å²) < 4.78 is 0. The molecular formula is C11H20N2O2. The van der Waals surface area contributed by atoms with Crippen LogP contribution in [0.15, 0.2) is 0 Å². The van der Waals surface area contributed by atoms with E-state index in [2.05, 4.69) is 10.2 Å². The van der Waals surface area contributed by atoms with Gasteiger partial charge in [-0.3, -0.25) is 9.69 Å². The fraction of sp³-hybridized carbons (Fsp3) is 0.909. The fourth-order valence-corrected chi connectivity index (χ4v) is 2.77. The first-order valence-electron chi connectivity index (χ1n) is 5.95. The standard InChI is InChI=1S/C11H20N2O2/c14-11(15)9-2-1-3-10(8-9)13-6-4-12-5-7-13/h9-10,12H,1-8H2,(H,14,15)/t9-,10?/m1/s1. The Morgan fingerprint density at radius 1 is 1.27 bits per heavy atom. The summed E-state index contributed by atoms with van der Waals surface area (Å²) in [4.78, 5) is 13.4. The molecule has 0 bridgehead atoms. The quantitative estimate of drug-likeness (QED) is 0.701. The third-order valence-corrected chi connectivity index (χ3v) is 3.66. The normalized spacial score (nSPS) is 33.9. The van der Waals surface area contributed by atoms with Crippen LogP contribution in [0.25, 0.3) is 0 Å². The Hall–Kier alpha value is -0.610. The van der Waals surface area contributed by atoms with Crippen LogP contribution in [-0.2, 0) is 4.79 Å². The van der Waals surface area contributed by atoms with Gasteiger partial charge in [-0.25, -0.2) is 0 Å². The van der Waals surface area contributed by atoms with Crippen LogP contribution in [-0.4, -0.2) is 48.2 Å². The van der Waals surface area contributed by atoms with Gasteiger partial charge < -0.3 is 10.4 Å². The highest BCUT2D eigenvalue weighted by molar-refractivity contribution is 5.70. The fourth-order valence-electron chi connectivity index (χ4n) is 2.77. The Morgan fingerprint density at radius 3 is 2.67 bits per heavy atom. The molecule has 1 unspecified atom stereocenters. The zero-order valence-corrected chi connectivity index (χ0v) is 9.11. The zero-order valence-electron chi connectivity index (χ0n) is 9.11. The topological polar surface area (TPSA) is 52.6 Å². The first kappa shape index (κ1) is 10.9. The van der Waals surface area contributed by atoms with Crippen LogP contribution < -0.4 is 5.32 Å². The van der Waals surface area contributed by atoms with Gasteiger partial charge in [0.05, 0.1) is 5.92 Å². The predicted octanol–water partition coefficient (Wildman–Crippen LogP) is 0.535. The smallest absolute Gasteiger partial charge is 0.306 e. The van der Waals surface area contributed by atoms with E-state index in [4.69, 9.17) is 5.11 Å². The zero-order chi connectivity index (χ0) is 10.7. The van der Waals surface area contributed by atoms with Gasteiger partial charge in [-0.05, 0) is 19.3 Å². The summed E-state index contributed by atoms with van der Waals surface area (Å²) in [6.07, 6.45) is 3.99. The van der Waals surface area contributed by atoms with Gasteiger partial charge in [0.15, 0.2) is 0 Å². The highest BCUT2D eigenvalue weighted by atomic mass is 16.4. The SMILES string of the molecule is O=C(O)[C@@H]1CCCC(N2CCNCC2)C1. The monoisotopic (exact) mass is 212 g/mol. The summed E-state index contributed by atoms with van der Waals surface area (Å²) in [6.45, 7) is 4.26. The van der Waals surface area contributed by atoms with Crippen molar-refractivity contribution < 1.29 is 9.90 Å². The van der Waals surface area contributed by atoms with E-state index >= 15 is 0 Å². The molecule has 1 aliphatic heterocycles. The lowest BCUT2D eigenvalue weighted by molar-refractivity contribution is -0.143. The van der Waals surface area contributed by atoms with Crippen molar-refractivity contribution in [2.24, 2.45) is 5.92 Å². The first-order chi connectivity index (χ1) is 7.27. The number of carboxylic acid groups (broad SMARTS) is 1. The number of piperazine rings is 1. The van der Waals surface area contributed by atoms with Gasteiger partial charge >= 0.3 is 5.97 Å². The van der Waals surface area contributed by atoms with Gasteiger partial charge in [0, 0.05) is 32.2 Å². The molecule has 0 spiro atoms. The Kier molecular flexibility index (Phi) is 3.59. The molecule has 0 aromatic heterocycles. The number of carbonyl (C=O) groups is 1. The number of nitrogens with one attached hydrogen (secondary N) is 1. The van der Waals surface area contributed by atoms with Gasteiger partial charge in [0.1, 0.15) is 0 Å². The van der Waals surface area contributed by atoms with Crippen molar-refractivity contribution in [3.63, 3.8) is 0 Å². The van der Waals surface area contributed by atoms with Gasteiger partial charge in [0.2, 0.25) is 0 Å². The lowest BCUT2D eigenvalue weighted by Gasteiger charge is -2.38. The molecule has 2 atom stereocenters. The second kappa shape index (κ2) is 4.94. The average molecular weight is 212 g/mol. The summed E-state index contributed by atoms with van der Waals surface area (Å²) >= 11 is 0. The van der Waals surface area contributed by atoms with Crippen molar-refractivity contribution in [3.05, 3.63) is 0 Å². The van der Waals surface area contributed by atoms with E-state index in [1.165, 1.54) is 6.42 Å². The molecular weight excluding hydrogens is 192 g/mol. The lowest BCUT2D eigenvalue weighted by atomic mass is 9.85. The number of aliphatic carboxylic acids is 1. The number of hydrogen-bond acceptors (Lipinski definition) is 3. The van der Waals surface area contributed by atoms with Gasteiger partial charge in [0.25, 0.3) is 0 Å². The van der Waals surface area contributed by atoms with Crippen LogP contribution in [0, 0.1) is 5.92 Å². The highest BCUT2D eigenvalue weighted by Gasteiger charge is 2.30. The Bertz CT molecular complexity index is 227. The molecule has 15 heavy (non-hydrogen) atoms. The van der Waals surface area contributed by atoms with Crippen LogP contribution in [0.5, 0.6) is 0 Å². The molecule has 0 radical (unpaired) electrons. The van der Waals surface area contributed by atoms with Crippen molar-refractivity contribution in [2.45, 2.75) is 31.7 Å². The van der Waals surface area contributed by atoms with Crippen molar-refractivity contribution in [2.75, 3.05) is 26.2 Å². The van der Waals surface area contributed by atoms with Crippen LogP contribution >= 0.6 is 0 Å². The summed E-state index contributed by atoms with van der Waals surface area (Å²) in [5.74, 6) is -0.700. The molecule has 0 amide bonds. The van der Waals surface area contributed by atoms with Gasteiger partial charge in [-0.15, -0.1) is 0 Å². The maximum atomic E-state index is 11.0. The molecule has 2 fully saturated rings. The summed E-state index contributed by atoms with van der Waals surface area (Å²) in [5, 5.41) is 12.4. The third-order valence-electron chi connectivity index (χ3n) is 3.66. The van der Waals surface area contributed by atoms with Crippen molar-refractivity contribution >= 4 is 5.97 Å². The van der Waals surface area contributed by atoms with Gasteiger partial charge in [-0.2, -0.15) is 0 Å². The van der Waals surface area contributed by atoms with Crippen LogP contribution in [0.1, 0.15) is 25.7 Å². The minimum Gasteiger partial charge on any atom is -0.481 e. The minimum absolute atomic E-state index is 0.0985. The van der Waals surface area contributed by atoms with E-state index in [9.17, 15) is 4.79 Å². The Balaban J connectivity index is 1.88. The first-order valence-corrected chi connectivity index (χ1v) is 5.95. The minimum atomic E-state index is -0.602. The molecule has 1 aliphatic carbocycles. The average Bonchev–Trinajstić information content (AvgIpc) is 2.30. The number of rotatable bonds is 2. The molecule has 2 aliphatic rings. The maximum Gasteiger partial charge on any atom is 0.306 e. The third kappa shape index (κ3) is 2.69. The van der Waals surface area contributed by atoms with E-state index in [0.717, 1.165) is 45.4 Å². The van der Waals surface area contributed by atoms with E-state index < -0.39 is 5.97 Å².